The highest BCUT2D eigenvalue weighted by Gasteiger charge is 2.17. The van der Waals surface area contributed by atoms with E-state index in [2.05, 4.69) is 10.0 Å². The molecule has 0 unspecified atom stereocenters. The number of benzene rings is 3. The number of hydrogen-bond donors (Lipinski definition) is 2. The quantitative estimate of drug-likeness (QED) is 0.594. The highest BCUT2D eigenvalue weighted by atomic mass is 32.2. The van der Waals surface area contributed by atoms with Crippen molar-refractivity contribution in [1.29, 1.82) is 0 Å². The molecular weight excluding hydrogens is 404 g/mol. The van der Waals surface area contributed by atoms with Crippen molar-refractivity contribution in [2.24, 2.45) is 0 Å². The number of carbonyl (C=O) groups is 1. The molecule has 156 valence electrons. The Balaban J connectivity index is 1.74. The van der Waals surface area contributed by atoms with Crippen LogP contribution in [0.3, 0.4) is 0 Å². The molecule has 0 aromatic heterocycles. The van der Waals surface area contributed by atoms with Crippen molar-refractivity contribution in [3.05, 3.63) is 77.9 Å². The Morgan fingerprint density at radius 2 is 1.53 bits per heavy atom. The van der Waals surface area contributed by atoms with Crippen LogP contribution in [0.5, 0.6) is 11.5 Å². The molecule has 1 amide bonds. The summed E-state index contributed by atoms with van der Waals surface area (Å²) >= 11 is 0. The Bertz CT molecular complexity index is 1160. The molecule has 0 aliphatic carbocycles. The molecule has 0 heterocycles. The van der Waals surface area contributed by atoms with Gasteiger partial charge in [0.1, 0.15) is 0 Å². The first kappa shape index (κ1) is 21.2. The summed E-state index contributed by atoms with van der Waals surface area (Å²) < 4.78 is 38.1. The molecule has 0 saturated heterocycles. The highest BCUT2D eigenvalue weighted by Crippen LogP contribution is 2.30. The number of anilines is 2. The van der Waals surface area contributed by atoms with Gasteiger partial charge in [-0.15, -0.1) is 0 Å². The molecule has 8 heteroatoms. The second-order valence-electron chi connectivity index (χ2n) is 6.52. The molecule has 2 N–H and O–H groups in total. The summed E-state index contributed by atoms with van der Waals surface area (Å²) in [7, 11) is -0.938. The Kier molecular flexibility index (Phi) is 6.27. The zero-order valence-corrected chi connectivity index (χ0v) is 17.6. The van der Waals surface area contributed by atoms with Crippen LogP contribution in [-0.2, 0) is 10.0 Å². The van der Waals surface area contributed by atoms with E-state index >= 15 is 0 Å². The van der Waals surface area contributed by atoms with E-state index in [0.717, 1.165) is 5.56 Å². The van der Waals surface area contributed by atoms with Crippen LogP contribution in [0.1, 0.15) is 15.9 Å². The summed E-state index contributed by atoms with van der Waals surface area (Å²) in [6, 6.07) is 18.0. The third kappa shape index (κ3) is 4.90. The molecule has 3 aromatic rings. The van der Waals surface area contributed by atoms with E-state index in [9.17, 15) is 13.2 Å². The van der Waals surface area contributed by atoms with Gasteiger partial charge >= 0.3 is 0 Å². The largest absolute Gasteiger partial charge is 0.493 e. The summed E-state index contributed by atoms with van der Waals surface area (Å²) in [5.74, 6) is 0.457. The van der Waals surface area contributed by atoms with Crippen LogP contribution in [0, 0.1) is 6.92 Å². The monoisotopic (exact) mass is 426 g/mol. The Labute approximate surface area is 175 Å². The van der Waals surface area contributed by atoms with Crippen LogP contribution >= 0.6 is 0 Å². The van der Waals surface area contributed by atoms with Crippen LogP contribution in [-0.4, -0.2) is 28.5 Å². The summed E-state index contributed by atoms with van der Waals surface area (Å²) in [6.45, 7) is 1.94. The van der Waals surface area contributed by atoms with Gasteiger partial charge in [0.25, 0.3) is 15.9 Å². The fourth-order valence-corrected chi connectivity index (χ4v) is 3.89. The number of hydrogen-bond acceptors (Lipinski definition) is 5. The predicted octanol–water partition coefficient (Wildman–Crippen LogP) is 4.07. The molecule has 7 nitrogen and oxygen atoms in total. The van der Waals surface area contributed by atoms with Crippen molar-refractivity contribution < 1.29 is 22.7 Å². The van der Waals surface area contributed by atoms with Crippen molar-refractivity contribution in [1.82, 2.24) is 0 Å². The van der Waals surface area contributed by atoms with Gasteiger partial charge in [0, 0.05) is 23.0 Å². The maximum absolute atomic E-state index is 12.7. The average Bonchev–Trinajstić information content (AvgIpc) is 2.73. The van der Waals surface area contributed by atoms with Gasteiger partial charge in [-0.25, -0.2) is 8.42 Å². The maximum atomic E-state index is 12.7. The van der Waals surface area contributed by atoms with Crippen LogP contribution in [0.25, 0.3) is 0 Å². The van der Waals surface area contributed by atoms with Gasteiger partial charge in [-0.3, -0.25) is 9.52 Å². The van der Waals surface area contributed by atoms with Gasteiger partial charge in [-0.2, -0.15) is 0 Å². The van der Waals surface area contributed by atoms with Gasteiger partial charge in [0.2, 0.25) is 0 Å². The fraction of sp³-hybridized carbons (Fsp3) is 0.136. The molecule has 0 fully saturated rings. The minimum Gasteiger partial charge on any atom is -0.493 e. The number of ether oxygens (including phenoxy) is 2. The highest BCUT2D eigenvalue weighted by molar-refractivity contribution is 7.92. The van der Waals surface area contributed by atoms with Gasteiger partial charge in [-0.05, 0) is 61.0 Å². The lowest BCUT2D eigenvalue weighted by Crippen LogP contribution is -2.14. The Morgan fingerprint density at radius 1 is 0.833 bits per heavy atom. The summed E-state index contributed by atoms with van der Waals surface area (Å²) in [5, 5.41) is 2.81. The smallest absolute Gasteiger partial charge is 0.262 e. The molecule has 0 aliphatic heterocycles. The number of rotatable bonds is 7. The number of carbonyl (C=O) groups excluding carboxylic acids is 1. The summed E-state index contributed by atoms with van der Waals surface area (Å²) in [6.07, 6.45) is 0. The lowest BCUT2D eigenvalue weighted by atomic mass is 10.2. The molecule has 0 radical (unpaired) electrons. The number of aryl methyl sites for hydroxylation is 1. The number of nitrogens with one attached hydrogen (secondary N) is 2. The Morgan fingerprint density at radius 3 is 2.17 bits per heavy atom. The van der Waals surface area contributed by atoms with Gasteiger partial charge in [0.05, 0.1) is 19.1 Å². The topological polar surface area (TPSA) is 93.7 Å². The number of sulfonamides is 1. The first-order valence-corrected chi connectivity index (χ1v) is 10.5. The van der Waals surface area contributed by atoms with Crippen LogP contribution in [0.15, 0.2) is 71.6 Å². The van der Waals surface area contributed by atoms with Crippen LogP contribution in [0.2, 0.25) is 0 Å². The van der Waals surface area contributed by atoms with Crippen molar-refractivity contribution in [3.8, 4) is 11.5 Å². The summed E-state index contributed by atoms with van der Waals surface area (Å²) in [4.78, 5) is 12.4. The normalized spacial score (nSPS) is 10.9. The predicted molar refractivity (Wildman–Crippen MR) is 116 cm³/mol. The van der Waals surface area contributed by atoms with Crippen LogP contribution < -0.4 is 19.5 Å². The molecule has 0 bridgehead atoms. The van der Waals surface area contributed by atoms with Crippen molar-refractivity contribution >= 4 is 27.3 Å². The van der Waals surface area contributed by atoms with Gasteiger partial charge in [0.15, 0.2) is 11.5 Å². The standard InChI is InChI=1S/C22H22N2O5S/c1-15-5-4-6-18(13-15)23-22(25)16-7-9-17(10-8-16)24-30(26,27)19-11-12-20(28-2)21(14-19)29-3/h4-14,24H,1-3H3,(H,23,25). The van der Waals surface area contributed by atoms with E-state index in [0.29, 0.717) is 28.4 Å². The van der Waals surface area contributed by atoms with Crippen molar-refractivity contribution in [3.63, 3.8) is 0 Å². The van der Waals surface area contributed by atoms with E-state index in [1.165, 1.54) is 44.6 Å². The number of amides is 1. The minimum atomic E-state index is -3.84. The molecular formula is C22H22N2O5S. The van der Waals surface area contributed by atoms with Crippen LogP contribution in [0.4, 0.5) is 11.4 Å². The molecule has 0 aliphatic rings. The lowest BCUT2D eigenvalue weighted by Gasteiger charge is -2.12. The molecule has 0 saturated carbocycles. The van der Waals surface area contributed by atoms with Gasteiger partial charge in [-0.1, -0.05) is 12.1 Å². The molecule has 0 atom stereocenters. The molecule has 3 aromatic carbocycles. The molecule has 30 heavy (non-hydrogen) atoms. The Hall–Kier alpha value is -3.52. The van der Waals surface area contributed by atoms with E-state index in [-0.39, 0.29) is 10.8 Å². The van der Waals surface area contributed by atoms with E-state index in [1.54, 1.807) is 18.2 Å². The SMILES string of the molecule is COc1ccc(S(=O)(=O)Nc2ccc(C(=O)Nc3cccc(C)c3)cc2)cc1OC. The number of methoxy groups -OCH3 is 2. The average molecular weight is 426 g/mol. The first-order chi connectivity index (χ1) is 14.3. The van der Waals surface area contributed by atoms with E-state index < -0.39 is 10.0 Å². The summed E-state index contributed by atoms with van der Waals surface area (Å²) in [5.41, 5.74) is 2.47. The second-order valence-corrected chi connectivity index (χ2v) is 8.21. The third-order valence-corrected chi connectivity index (χ3v) is 5.72. The van der Waals surface area contributed by atoms with Crippen molar-refractivity contribution in [2.75, 3.05) is 24.3 Å². The second kappa shape index (κ2) is 8.87. The zero-order chi connectivity index (χ0) is 21.7. The van der Waals surface area contributed by atoms with E-state index in [4.69, 9.17) is 9.47 Å². The third-order valence-electron chi connectivity index (χ3n) is 4.34. The molecule has 3 rings (SSSR count). The molecule has 0 spiro atoms. The lowest BCUT2D eigenvalue weighted by molar-refractivity contribution is 0.102. The van der Waals surface area contributed by atoms with Gasteiger partial charge < -0.3 is 14.8 Å². The maximum Gasteiger partial charge on any atom is 0.262 e. The first-order valence-electron chi connectivity index (χ1n) is 9.05. The van der Waals surface area contributed by atoms with Crippen molar-refractivity contribution in [2.45, 2.75) is 11.8 Å². The minimum absolute atomic E-state index is 0.0291. The fourth-order valence-electron chi connectivity index (χ4n) is 2.81. The van der Waals surface area contributed by atoms with E-state index in [1.807, 2.05) is 25.1 Å². The zero-order valence-electron chi connectivity index (χ0n) is 16.8.